The Balaban J connectivity index is 3.03. The van der Waals surface area contributed by atoms with Gasteiger partial charge in [-0.05, 0) is 31.9 Å². The molecule has 0 saturated carbocycles. The molecular formula is C12H19N3O2. The van der Waals surface area contributed by atoms with Gasteiger partial charge in [0.15, 0.2) is 5.84 Å². The van der Waals surface area contributed by atoms with Crippen LogP contribution in [-0.2, 0) is 0 Å². The molecule has 0 aliphatic heterocycles. The predicted molar refractivity (Wildman–Crippen MR) is 66.5 cm³/mol. The molecule has 0 radical (unpaired) electrons. The van der Waals surface area contributed by atoms with E-state index in [0.717, 1.165) is 18.4 Å². The first-order valence-corrected chi connectivity index (χ1v) is 5.70. The van der Waals surface area contributed by atoms with E-state index in [9.17, 15) is 0 Å². The van der Waals surface area contributed by atoms with Gasteiger partial charge in [-0.3, -0.25) is 0 Å². The quantitative estimate of drug-likeness (QED) is 0.355. The van der Waals surface area contributed by atoms with Gasteiger partial charge in [-0.1, -0.05) is 18.5 Å². The van der Waals surface area contributed by atoms with Gasteiger partial charge >= 0.3 is 0 Å². The highest BCUT2D eigenvalue weighted by atomic mass is 16.5. The lowest BCUT2D eigenvalue weighted by Gasteiger charge is -2.16. The van der Waals surface area contributed by atoms with Crippen molar-refractivity contribution in [3.63, 3.8) is 0 Å². The molecule has 1 unspecified atom stereocenters. The largest absolute Gasteiger partial charge is 0.474 e. The second kappa shape index (κ2) is 6.08. The zero-order valence-corrected chi connectivity index (χ0v) is 10.5. The summed E-state index contributed by atoms with van der Waals surface area (Å²) in [6.07, 6.45) is 3.67. The molecule has 0 aliphatic rings. The average Bonchev–Trinajstić information content (AvgIpc) is 2.28. The Bertz CT molecular complexity index is 405. The number of nitrogens with two attached hydrogens (primary N) is 1. The molecule has 1 rings (SSSR count). The Labute approximate surface area is 101 Å². The Morgan fingerprint density at radius 3 is 2.94 bits per heavy atom. The van der Waals surface area contributed by atoms with Crippen molar-refractivity contribution in [2.45, 2.75) is 39.7 Å². The Kier molecular flexibility index (Phi) is 4.75. The fraction of sp³-hybridized carbons (Fsp3) is 0.500. The summed E-state index contributed by atoms with van der Waals surface area (Å²) < 4.78 is 5.71. The molecule has 5 heteroatoms. The van der Waals surface area contributed by atoms with Gasteiger partial charge in [0.25, 0.3) is 0 Å². The minimum atomic E-state index is 0.0225. The van der Waals surface area contributed by atoms with Crippen molar-refractivity contribution in [3.05, 3.63) is 23.4 Å². The SMILES string of the molecule is CCCC(C)Oc1nccc(C)c1/C(N)=N/O. The zero-order chi connectivity index (χ0) is 12.8. The number of aryl methyl sites for hydroxylation is 1. The van der Waals surface area contributed by atoms with Gasteiger partial charge in [0.2, 0.25) is 5.88 Å². The van der Waals surface area contributed by atoms with E-state index in [1.54, 1.807) is 12.3 Å². The molecule has 0 bridgehead atoms. The first kappa shape index (κ1) is 13.3. The van der Waals surface area contributed by atoms with Crippen molar-refractivity contribution in [1.29, 1.82) is 0 Å². The minimum Gasteiger partial charge on any atom is -0.474 e. The molecule has 0 amide bonds. The molecule has 1 heterocycles. The number of pyridine rings is 1. The topological polar surface area (TPSA) is 80.7 Å². The lowest BCUT2D eigenvalue weighted by molar-refractivity contribution is 0.201. The van der Waals surface area contributed by atoms with E-state index in [2.05, 4.69) is 17.1 Å². The molecule has 3 N–H and O–H groups in total. The summed E-state index contributed by atoms with van der Waals surface area (Å²) >= 11 is 0. The van der Waals surface area contributed by atoms with E-state index >= 15 is 0 Å². The van der Waals surface area contributed by atoms with Crippen molar-refractivity contribution < 1.29 is 9.94 Å². The number of rotatable bonds is 5. The third-order valence-electron chi connectivity index (χ3n) is 2.50. The number of hydrogen-bond donors (Lipinski definition) is 2. The number of amidine groups is 1. The molecule has 5 nitrogen and oxygen atoms in total. The monoisotopic (exact) mass is 237 g/mol. The molecule has 0 saturated heterocycles. The van der Waals surface area contributed by atoms with Gasteiger partial charge < -0.3 is 15.7 Å². The van der Waals surface area contributed by atoms with Crippen LogP contribution in [0.2, 0.25) is 0 Å². The molecular weight excluding hydrogens is 218 g/mol. The maximum Gasteiger partial charge on any atom is 0.225 e. The maximum absolute atomic E-state index is 8.75. The van der Waals surface area contributed by atoms with Crippen molar-refractivity contribution in [1.82, 2.24) is 4.98 Å². The smallest absolute Gasteiger partial charge is 0.225 e. The molecule has 1 aromatic heterocycles. The first-order chi connectivity index (χ1) is 8.10. The normalized spacial score (nSPS) is 13.5. The van der Waals surface area contributed by atoms with Crippen molar-refractivity contribution >= 4 is 5.84 Å². The summed E-state index contributed by atoms with van der Waals surface area (Å²) in [5.74, 6) is 0.440. The molecule has 0 aromatic carbocycles. The number of oxime groups is 1. The molecule has 0 fully saturated rings. The maximum atomic E-state index is 8.75. The summed E-state index contributed by atoms with van der Waals surface area (Å²) in [7, 11) is 0. The molecule has 94 valence electrons. The summed E-state index contributed by atoms with van der Waals surface area (Å²) in [6.45, 7) is 5.93. The van der Waals surface area contributed by atoms with Gasteiger partial charge in [-0.25, -0.2) is 4.98 Å². The third-order valence-corrected chi connectivity index (χ3v) is 2.50. The van der Waals surface area contributed by atoms with E-state index in [4.69, 9.17) is 15.7 Å². The fourth-order valence-corrected chi connectivity index (χ4v) is 1.64. The Morgan fingerprint density at radius 2 is 2.35 bits per heavy atom. The highest BCUT2D eigenvalue weighted by Crippen LogP contribution is 2.20. The third kappa shape index (κ3) is 3.34. The lowest BCUT2D eigenvalue weighted by Crippen LogP contribution is -2.20. The van der Waals surface area contributed by atoms with Crippen molar-refractivity contribution in [2.75, 3.05) is 0 Å². The first-order valence-electron chi connectivity index (χ1n) is 5.70. The number of aromatic nitrogens is 1. The number of hydrogen-bond acceptors (Lipinski definition) is 4. The van der Waals surface area contributed by atoms with E-state index in [1.165, 1.54) is 0 Å². The zero-order valence-electron chi connectivity index (χ0n) is 10.5. The highest BCUT2D eigenvalue weighted by Gasteiger charge is 2.15. The van der Waals surface area contributed by atoms with Crippen LogP contribution in [0.25, 0.3) is 0 Å². The molecule has 1 atom stereocenters. The van der Waals surface area contributed by atoms with Crippen LogP contribution in [0.5, 0.6) is 5.88 Å². The highest BCUT2D eigenvalue weighted by molar-refractivity contribution is 6.00. The minimum absolute atomic E-state index is 0.0225. The predicted octanol–water partition coefficient (Wildman–Crippen LogP) is 2.05. The summed E-state index contributed by atoms with van der Waals surface area (Å²) in [5, 5.41) is 11.8. The van der Waals surface area contributed by atoms with Crippen LogP contribution >= 0.6 is 0 Å². The Morgan fingerprint density at radius 1 is 1.65 bits per heavy atom. The molecule has 1 aromatic rings. The molecule has 0 aliphatic carbocycles. The molecule has 17 heavy (non-hydrogen) atoms. The van der Waals surface area contributed by atoms with Crippen LogP contribution < -0.4 is 10.5 Å². The van der Waals surface area contributed by atoms with Crippen LogP contribution in [0.15, 0.2) is 17.4 Å². The van der Waals surface area contributed by atoms with Crippen molar-refractivity contribution in [3.8, 4) is 5.88 Å². The fourth-order valence-electron chi connectivity index (χ4n) is 1.64. The van der Waals surface area contributed by atoms with Gasteiger partial charge in [0.05, 0.1) is 11.7 Å². The van der Waals surface area contributed by atoms with Crippen LogP contribution in [0.3, 0.4) is 0 Å². The van der Waals surface area contributed by atoms with E-state index in [1.807, 2.05) is 13.8 Å². The second-order valence-electron chi connectivity index (χ2n) is 4.01. The van der Waals surface area contributed by atoms with Gasteiger partial charge in [-0.2, -0.15) is 0 Å². The summed E-state index contributed by atoms with van der Waals surface area (Å²) in [5.41, 5.74) is 7.05. The van der Waals surface area contributed by atoms with Gasteiger partial charge in [-0.15, -0.1) is 0 Å². The van der Waals surface area contributed by atoms with Crippen LogP contribution in [0, 0.1) is 6.92 Å². The standard InChI is InChI=1S/C12H19N3O2/c1-4-5-9(3)17-12-10(11(13)15-16)8(2)6-7-14-12/h6-7,9,16H,4-5H2,1-3H3,(H2,13,15). The number of ether oxygens (including phenoxy) is 1. The second-order valence-corrected chi connectivity index (χ2v) is 4.01. The van der Waals surface area contributed by atoms with Crippen molar-refractivity contribution in [2.24, 2.45) is 10.9 Å². The lowest BCUT2D eigenvalue weighted by atomic mass is 10.1. The van der Waals surface area contributed by atoms with E-state index in [-0.39, 0.29) is 11.9 Å². The summed E-state index contributed by atoms with van der Waals surface area (Å²) in [6, 6.07) is 1.80. The van der Waals surface area contributed by atoms with Gasteiger partial charge in [0.1, 0.15) is 0 Å². The van der Waals surface area contributed by atoms with Crippen LogP contribution in [-0.4, -0.2) is 22.1 Å². The van der Waals surface area contributed by atoms with Crippen LogP contribution in [0.4, 0.5) is 0 Å². The number of nitrogens with zero attached hydrogens (tertiary/aromatic N) is 2. The van der Waals surface area contributed by atoms with E-state index in [0.29, 0.717) is 11.4 Å². The van der Waals surface area contributed by atoms with Gasteiger partial charge in [0, 0.05) is 6.20 Å². The summed E-state index contributed by atoms with van der Waals surface area (Å²) in [4.78, 5) is 4.14. The average molecular weight is 237 g/mol. The van der Waals surface area contributed by atoms with E-state index < -0.39 is 0 Å². The Hall–Kier alpha value is -1.78. The van der Waals surface area contributed by atoms with Crippen LogP contribution in [0.1, 0.15) is 37.8 Å². The molecule has 0 spiro atoms.